The van der Waals surface area contributed by atoms with Crippen LogP contribution in [0, 0.1) is 0 Å². The summed E-state index contributed by atoms with van der Waals surface area (Å²) in [7, 11) is 0. The second-order valence-electron chi connectivity index (χ2n) is 3.28. The van der Waals surface area contributed by atoms with E-state index in [9.17, 15) is 0 Å². The van der Waals surface area contributed by atoms with E-state index in [2.05, 4.69) is 15.5 Å². The first-order valence-electron chi connectivity index (χ1n) is 4.75. The van der Waals surface area contributed by atoms with Gasteiger partial charge >= 0.3 is 0 Å². The minimum atomic E-state index is -0.149. The third kappa shape index (κ3) is 1.87. The number of benzene rings is 1. The molecule has 0 aliphatic carbocycles. The van der Waals surface area contributed by atoms with Crippen LogP contribution in [0.3, 0.4) is 0 Å². The molecule has 2 aromatic rings. The first kappa shape index (κ1) is 9.79. The summed E-state index contributed by atoms with van der Waals surface area (Å²) in [6.07, 6.45) is 0. The fourth-order valence-electron chi connectivity index (χ4n) is 1.49. The summed E-state index contributed by atoms with van der Waals surface area (Å²) < 4.78 is 1.62. The molecule has 1 unspecified atom stereocenters. The van der Waals surface area contributed by atoms with Crippen LogP contribution in [0.1, 0.15) is 24.4 Å². The number of aliphatic hydroxyl groups excluding tert-OH is 1. The van der Waals surface area contributed by atoms with Crippen LogP contribution in [-0.2, 0) is 6.61 Å². The summed E-state index contributed by atoms with van der Waals surface area (Å²) in [6.45, 7) is 1.84. The number of nitrogens with zero attached hydrogens (tertiary/aromatic N) is 4. The van der Waals surface area contributed by atoms with E-state index in [4.69, 9.17) is 5.11 Å². The maximum atomic E-state index is 9.04. The van der Waals surface area contributed by atoms with Crippen molar-refractivity contribution in [3.63, 3.8) is 0 Å². The molecule has 0 radical (unpaired) electrons. The van der Waals surface area contributed by atoms with Crippen LogP contribution in [-0.4, -0.2) is 25.3 Å². The Morgan fingerprint density at radius 1 is 1.33 bits per heavy atom. The molecule has 5 nitrogen and oxygen atoms in total. The molecule has 0 aliphatic heterocycles. The normalized spacial score (nSPS) is 12.7. The lowest BCUT2D eigenvalue weighted by atomic mass is 10.1. The highest BCUT2D eigenvalue weighted by molar-refractivity contribution is 5.18. The fraction of sp³-hybridized carbons (Fsp3) is 0.300. The number of aliphatic hydroxyl groups is 1. The lowest BCUT2D eigenvalue weighted by Gasteiger charge is -2.12. The Morgan fingerprint density at radius 3 is 2.73 bits per heavy atom. The largest absolute Gasteiger partial charge is 0.388 e. The lowest BCUT2D eigenvalue weighted by molar-refractivity contribution is 0.260. The molecule has 0 aliphatic rings. The summed E-state index contributed by atoms with van der Waals surface area (Å²) >= 11 is 0. The van der Waals surface area contributed by atoms with Crippen molar-refractivity contribution >= 4 is 0 Å². The maximum absolute atomic E-state index is 9.04. The first-order chi connectivity index (χ1) is 7.33. The molecule has 0 saturated heterocycles. The van der Waals surface area contributed by atoms with Crippen molar-refractivity contribution in [2.75, 3.05) is 0 Å². The standard InChI is InChI=1S/C10H12N4O/c1-8(9-5-3-2-4-6-9)14-10(7-15)11-12-13-14/h2-6,8,15H,7H2,1H3. The maximum Gasteiger partial charge on any atom is 0.177 e. The molecule has 1 atom stereocenters. The zero-order chi connectivity index (χ0) is 10.7. The highest BCUT2D eigenvalue weighted by Gasteiger charge is 2.13. The smallest absolute Gasteiger partial charge is 0.177 e. The van der Waals surface area contributed by atoms with Gasteiger partial charge in [-0.1, -0.05) is 30.3 Å². The van der Waals surface area contributed by atoms with E-state index in [0.717, 1.165) is 5.56 Å². The average molecular weight is 204 g/mol. The van der Waals surface area contributed by atoms with Gasteiger partial charge in [-0.05, 0) is 22.9 Å². The van der Waals surface area contributed by atoms with Crippen molar-refractivity contribution in [2.45, 2.75) is 19.6 Å². The Balaban J connectivity index is 2.32. The van der Waals surface area contributed by atoms with Crippen molar-refractivity contribution in [2.24, 2.45) is 0 Å². The van der Waals surface area contributed by atoms with Gasteiger partial charge in [0.05, 0.1) is 6.04 Å². The molecule has 1 aromatic heterocycles. The van der Waals surface area contributed by atoms with E-state index in [1.54, 1.807) is 4.68 Å². The van der Waals surface area contributed by atoms with Gasteiger partial charge < -0.3 is 5.11 Å². The Labute approximate surface area is 87.4 Å². The van der Waals surface area contributed by atoms with Crippen molar-refractivity contribution in [1.82, 2.24) is 20.2 Å². The summed E-state index contributed by atoms with van der Waals surface area (Å²) in [5, 5.41) is 20.2. The van der Waals surface area contributed by atoms with Crippen LogP contribution in [0.4, 0.5) is 0 Å². The average Bonchev–Trinajstić information content (AvgIpc) is 2.77. The molecule has 2 rings (SSSR count). The van der Waals surface area contributed by atoms with Crippen LogP contribution < -0.4 is 0 Å². The van der Waals surface area contributed by atoms with Gasteiger partial charge in [0.25, 0.3) is 0 Å². The number of aromatic nitrogens is 4. The van der Waals surface area contributed by atoms with Gasteiger partial charge in [-0.25, -0.2) is 4.68 Å². The Kier molecular flexibility index (Phi) is 2.73. The second-order valence-corrected chi connectivity index (χ2v) is 3.28. The SMILES string of the molecule is CC(c1ccccc1)n1nnnc1CO. The topological polar surface area (TPSA) is 63.8 Å². The zero-order valence-corrected chi connectivity index (χ0v) is 8.41. The fourth-order valence-corrected chi connectivity index (χ4v) is 1.49. The number of rotatable bonds is 3. The van der Waals surface area contributed by atoms with Gasteiger partial charge in [0.2, 0.25) is 0 Å². The Bertz CT molecular complexity index is 426. The van der Waals surface area contributed by atoms with Crippen molar-refractivity contribution in [3.05, 3.63) is 41.7 Å². The second kappa shape index (κ2) is 4.18. The quantitative estimate of drug-likeness (QED) is 0.802. The monoisotopic (exact) mass is 204 g/mol. The van der Waals surface area contributed by atoms with E-state index in [-0.39, 0.29) is 12.6 Å². The highest BCUT2D eigenvalue weighted by atomic mass is 16.3. The molecule has 0 amide bonds. The molecule has 78 valence electrons. The molecule has 1 N–H and O–H groups in total. The van der Waals surface area contributed by atoms with Crippen molar-refractivity contribution in [3.8, 4) is 0 Å². The molecular formula is C10H12N4O. The highest BCUT2D eigenvalue weighted by Crippen LogP contribution is 2.16. The van der Waals surface area contributed by atoms with Gasteiger partial charge in [-0.2, -0.15) is 0 Å². The molecule has 0 saturated carbocycles. The van der Waals surface area contributed by atoms with Crippen LogP contribution >= 0.6 is 0 Å². The third-order valence-corrected chi connectivity index (χ3v) is 2.35. The minimum Gasteiger partial charge on any atom is -0.388 e. The van der Waals surface area contributed by atoms with E-state index in [1.807, 2.05) is 37.3 Å². The third-order valence-electron chi connectivity index (χ3n) is 2.35. The molecule has 1 heterocycles. The summed E-state index contributed by atoms with van der Waals surface area (Å²) in [5.41, 5.74) is 1.11. The number of tetrazole rings is 1. The van der Waals surface area contributed by atoms with E-state index >= 15 is 0 Å². The number of hydrogen-bond acceptors (Lipinski definition) is 4. The Morgan fingerprint density at radius 2 is 2.07 bits per heavy atom. The molecule has 0 spiro atoms. The molecule has 15 heavy (non-hydrogen) atoms. The molecule has 1 aromatic carbocycles. The van der Waals surface area contributed by atoms with Crippen LogP contribution in [0.15, 0.2) is 30.3 Å². The molecule has 0 fully saturated rings. The summed E-state index contributed by atoms with van der Waals surface area (Å²) in [6, 6.07) is 9.94. The van der Waals surface area contributed by atoms with E-state index < -0.39 is 0 Å². The summed E-state index contributed by atoms with van der Waals surface area (Å²) in [5.74, 6) is 0.478. The predicted molar refractivity (Wildman–Crippen MR) is 54.0 cm³/mol. The first-order valence-corrected chi connectivity index (χ1v) is 4.75. The van der Waals surface area contributed by atoms with Gasteiger partial charge in [0.1, 0.15) is 6.61 Å². The zero-order valence-electron chi connectivity index (χ0n) is 8.41. The van der Waals surface area contributed by atoms with Gasteiger partial charge in [-0.3, -0.25) is 0 Å². The number of hydrogen-bond donors (Lipinski definition) is 1. The van der Waals surface area contributed by atoms with Gasteiger partial charge in [-0.15, -0.1) is 5.10 Å². The van der Waals surface area contributed by atoms with E-state index in [0.29, 0.717) is 5.82 Å². The van der Waals surface area contributed by atoms with Gasteiger partial charge in [0.15, 0.2) is 5.82 Å². The molecule has 5 heteroatoms. The summed E-state index contributed by atoms with van der Waals surface area (Å²) in [4.78, 5) is 0. The lowest BCUT2D eigenvalue weighted by Crippen LogP contribution is -2.12. The van der Waals surface area contributed by atoms with Crippen molar-refractivity contribution < 1.29 is 5.11 Å². The van der Waals surface area contributed by atoms with E-state index in [1.165, 1.54) is 0 Å². The predicted octanol–water partition coefficient (Wildman–Crippen LogP) is 0.775. The van der Waals surface area contributed by atoms with Gasteiger partial charge in [0, 0.05) is 0 Å². The minimum absolute atomic E-state index is 0.0309. The van der Waals surface area contributed by atoms with Crippen LogP contribution in [0.2, 0.25) is 0 Å². The van der Waals surface area contributed by atoms with Crippen molar-refractivity contribution in [1.29, 1.82) is 0 Å². The van der Waals surface area contributed by atoms with Crippen LogP contribution in [0.5, 0.6) is 0 Å². The van der Waals surface area contributed by atoms with Crippen LogP contribution in [0.25, 0.3) is 0 Å². The molecule has 0 bridgehead atoms. The molecular weight excluding hydrogens is 192 g/mol. The Hall–Kier alpha value is -1.75.